The predicted molar refractivity (Wildman–Crippen MR) is 59.2 cm³/mol. The molecule has 1 saturated heterocycles. The number of aromatic nitrogens is 2. The van der Waals surface area contributed by atoms with E-state index in [2.05, 4.69) is 4.98 Å². The molecule has 1 aliphatic rings. The quantitative estimate of drug-likeness (QED) is 0.801. The van der Waals surface area contributed by atoms with Crippen molar-refractivity contribution in [1.82, 2.24) is 14.5 Å². The summed E-state index contributed by atoms with van der Waals surface area (Å²) in [6.45, 7) is 1.24. The zero-order valence-electron chi connectivity index (χ0n) is 9.45. The lowest BCUT2D eigenvalue weighted by Gasteiger charge is -2.21. The lowest BCUT2D eigenvalue weighted by Crippen LogP contribution is -2.39. The standard InChI is InChI=1S/C11H15N3O3/c15-10-3-2-9(11(16)17)14(10)6-1-5-13-7-4-12-8-13/h4,7-9H,1-3,5-6H2,(H,16,17). The lowest BCUT2D eigenvalue weighted by atomic mass is 10.2. The fraction of sp³-hybridized carbons (Fsp3) is 0.545. The first-order valence-electron chi connectivity index (χ1n) is 5.66. The molecule has 1 aromatic heterocycles. The number of carboxylic acid groups (broad SMARTS) is 1. The van der Waals surface area contributed by atoms with Gasteiger partial charge in [0.25, 0.3) is 0 Å². The van der Waals surface area contributed by atoms with Crippen LogP contribution in [0.25, 0.3) is 0 Å². The summed E-state index contributed by atoms with van der Waals surface area (Å²) in [6, 6.07) is -0.634. The van der Waals surface area contributed by atoms with Gasteiger partial charge in [0.2, 0.25) is 5.91 Å². The third-order valence-electron chi connectivity index (χ3n) is 2.99. The van der Waals surface area contributed by atoms with Crippen molar-refractivity contribution in [3.05, 3.63) is 18.7 Å². The van der Waals surface area contributed by atoms with E-state index in [0.29, 0.717) is 19.4 Å². The largest absolute Gasteiger partial charge is 0.480 e. The van der Waals surface area contributed by atoms with Gasteiger partial charge < -0.3 is 14.6 Å². The first-order chi connectivity index (χ1) is 8.18. The molecule has 0 radical (unpaired) electrons. The average molecular weight is 237 g/mol. The van der Waals surface area contributed by atoms with E-state index in [0.717, 1.165) is 13.0 Å². The Balaban J connectivity index is 1.84. The van der Waals surface area contributed by atoms with Gasteiger partial charge in [-0.15, -0.1) is 0 Å². The van der Waals surface area contributed by atoms with Crippen LogP contribution in [0, 0.1) is 0 Å². The highest BCUT2D eigenvalue weighted by Crippen LogP contribution is 2.19. The number of likely N-dealkylation sites (tertiary alicyclic amines) is 1. The zero-order valence-corrected chi connectivity index (χ0v) is 9.45. The van der Waals surface area contributed by atoms with Crippen LogP contribution in [0.1, 0.15) is 19.3 Å². The Morgan fingerprint density at radius 3 is 3.00 bits per heavy atom. The second-order valence-corrected chi connectivity index (χ2v) is 4.13. The van der Waals surface area contributed by atoms with Crippen molar-refractivity contribution in [2.45, 2.75) is 31.8 Å². The molecule has 17 heavy (non-hydrogen) atoms. The molecular formula is C11H15N3O3. The number of hydrogen-bond donors (Lipinski definition) is 1. The smallest absolute Gasteiger partial charge is 0.326 e. The number of carboxylic acids is 1. The van der Waals surface area contributed by atoms with Crippen LogP contribution in [-0.2, 0) is 16.1 Å². The molecule has 2 heterocycles. The number of aliphatic carboxylic acids is 1. The fourth-order valence-electron chi connectivity index (χ4n) is 2.11. The van der Waals surface area contributed by atoms with Gasteiger partial charge in [0.1, 0.15) is 6.04 Å². The summed E-state index contributed by atoms with van der Waals surface area (Å²) in [5.41, 5.74) is 0. The highest BCUT2D eigenvalue weighted by atomic mass is 16.4. The third kappa shape index (κ3) is 2.64. The van der Waals surface area contributed by atoms with Crippen molar-refractivity contribution in [2.75, 3.05) is 6.54 Å². The number of nitrogens with zero attached hydrogens (tertiary/aromatic N) is 3. The van der Waals surface area contributed by atoms with E-state index in [1.807, 2.05) is 10.8 Å². The van der Waals surface area contributed by atoms with E-state index in [1.165, 1.54) is 4.90 Å². The van der Waals surface area contributed by atoms with Crippen LogP contribution < -0.4 is 0 Å². The van der Waals surface area contributed by atoms with Crippen LogP contribution in [-0.4, -0.2) is 44.0 Å². The van der Waals surface area contributed by atoms with Crippen molar-refractivity contribution >= 4 is 11.9 Å². The highest BCUT2D eigenvalue weighted by Gasteiger charge is 2.35. The van der Waals surface area contributed by atoms with E-state index in [4.69, 9.17) is 5.11 Å². The summed E-state index contributed by atoms with van der Waals surface area (Å²) in [4.78, 5) is 27.9. The minimum absolute atomic E-state index is 0.0527. The van der Waals surface area contributed by atoms with E-state index in [-0.39, 0.29) is 5.91 Å². The van der Waals surface area contributed by atoms with Gasteiger partial charge >= 0.3 is 5.97 Å². The molecule has 1 fully saturated rings. The fourth-order valence-corrected chi connectivity index (χ4v) is 2.11. The summed E-state index contributed by atoms with van der Waals surface area (Å²) in [6.07, 6.45) is 6.77. The SMILES string of the molecule is O=C(O)C1CCC(=O)N1CCCn1ccnc1. The summed E-state index contributed by atoms with van der Waals surface area (Å²) in [5.74, 6) is -0.957. The zero-order chi connectivity index (χ0) is 12.3. The van der Waals surface area contributed by atoms with Crippen molar-refractivity contribution in [3.63, 3.8) is 0 Å². The number of amides is 1. The monoisotopic (exact) mass is 237 g/mol. The third-order valence-corrected chi connectivity index (χ3v) is 2.99. The van der Waals surface area contributed by atoms with Gasteiger partial charge in [0.15, 0.2) is 0 Å². The van der Waals surface area contributed by atoms with E-state index in [1.54, 1.807) is 12.5 Å². The number of hydrogen-bond acceptors (Lipinski definition) is 3. The normalized spacial score (nSPS) is 19.9. The Morgan fingerprint density at radius 2 is 2.35 bits per heavy atom. The highest BCUT2D eigenvalue weighted by molar-refractivity contribution is 5.87. The molecule has 1 N–H and O–H groups in total. The minimum Gasteiger partial charge on any atom is -0.480 e. The Morgan fingerprint density at radius 1 is 1.53 bits per heavy atom. The molecule has 0 saturated carbocycles. The Hall–Kier alpha value is -1.85. The molecule has 2 rings (SSSR count). The van der Waals surface area contributed by atoms with Crippen molar-refractivity contribution in [2.24, 2.45) is 0 Å². The second-order valence-electron chi connectivity index (χ2n) is 4.13. The Labute approximate surface area is 98.9 Å². The van der Waals surface area contributed by atoms with Gasteiger partial charge in [-0.2, -0.15) is 0 Å². The molecule has 6 nitrogen and oxygen atoms in total. The first kappa shape index (κ1) is 11.6. The van der Waals surface area contributed by atoms with Gasteiger partial charge in [-0.3, -0.25) is 4.79 Å². The molecule has 1 amide bonds. The van der Waals surface area contributed by atoms with Crippen LogP contribution in [0.3, 0.4) is 0 Å². The van der Waals surface area contributed by atoms with Crippen LogP contribution in [0.4, 0.5) is 0 Å². The molecule has 0 spiro atoms. The molecule has 6 heteroatoms. The Kier molecular flexibility index (Phi) is 3.41. The summed E-state index contributed by atoms with van der Waals surface area (Å²) in [5, 5.41) is 8.98. The van der Waals surface area contributed by atoms with Crippen molar-refractivity contribution in [3.8, 4) is 0 Å². The van der Waals surface area contributed by atoms with Crippen LogP contribution in [0.5, 0.6) is 0 Å². The molecule has 1 atom stereocenters. The van der Waals surface area contributed by atoms with E-state index < -0.39 is 12.0 Å². The van der Waals surface area contributed by atoms with Gasteiger partial charge in [-0.25, -0.2) is 9.78 Å². The molecule has 1 unspecified atom stereocenters. The van der Waals surface area contributed by atoms with Crippen LogP contribution in [0.15, 0.2) is 18.7 Å². The van der Waals surface area contributed by atoms with Crippen LogP contribution in [0.2, 0.25) is 0 Å². The maximum Gasteiger partial charge on any atom is 0.326 e. The summed E-state index contributed by atoms with van der Waals surface area (Å²) < 4.78 is 1.91. The summed E-state index contributed by atoms with van der Waals surface area (Å²) >= 11 is 0. The number of rotatable bonds is 5. The van der Waals surface area contributed by atoms with Gasteiger partial charge in [-0.05, 0) is 12.8 Å². The second kappa shape index (κ2) is 4.99. The molecular weight excluding hydrogens is 222 g/mol. The minimum atomic E-state index is -0.904. The van der Waals surface area contributed by atoms with Gasteiger partial charge in [0, 0.05) is 31.9 Å². The molecule has 0 aliphatic carbocycles. The molecule has 92 valence electrons. The molecule has 1 aliphatic heterocycles. The van der Waals surface area contributed by atoms with Crippen LogP contribution >= 0.6 is 0 Å². The molecule has 1 aromatic rings. The molecule has 0 bridgehead atoms. The maximum atomic E-state index is 11.5. The topological polar surface area (TPSA) is 75.4 Å². The van der Waals surface area contributed by atoms with Gasteiger partial charge in [0.05, 0.1) is 6.33 Å². The van der Waals surface area contributed by atoms with Crippen molar-refractivity contribution in [1.29, 1.82) is 0 Å². The van der Waals surface area contributed by atoms with E-state index >= 15 is 0 Å². The predicted octanol–water partition coefficient (Wildman–Crippen LogP) is 0.349. The number of imidazole rings is 1. The molecule has 0 aromatic carbocycles. The number of carbonyl (C=O) groups is 2. The average Bonchev–Trinajstić information content (AvgIpc) is 2.89. The number of carbonyl (C=O) groups excluding carboxylic acids is 1. The van der Waals surface area contributed by atoms with Gasteiger partial charge in [-0.1, -0.05) is 0 Å². The summed E-state index contributed by atoms with van der Waals surface area (Å²) in [7, 11) is 0. The maximum absolute atomic E-state index is 11.5. The van der Waals surface area contributed by atoms with Crippen molar-refractivity contribution < 1.29 is 14.7 Å². The Bertz CT molecular complexity index is 402. The number of aryl methyl sites for hydroxylation is 1. The first-order valence-corrected chi connectivity index (χ1v) is 5.66. The van der Waals surface area contributed by atoms with E-state index in [9.17, 15) is 9.59 Å². The lowest BCUT2D eigenvalue weighted by molar-refractivity contribution is -0.146.